The van der Waals surface area contributed by atoms with E-state index in [1.165, 1.54) is 6.33 Å². The number of rotatable bonds is 0. The number of aromatic nitrogens is 2. The smallest absolute Gasteiger partial charge is 0.173 e. The molecule has 0 amide bonds. The summed E-state index contributed by atoms with van der Waals surface area (Å²) in [4.78, 5) is 16.0. The van der Waals surface area contributed by atoms with Crippen LogP contribution in [-0.4, -0.2) is 15.6 Å². The summed E-state index contributed by atoms with van der Waals surface area (Å²) in [6.45, 7) is 0. The molecule has 0 N–H and O–H groups in total. The van der Waals surface area contributed by atoms with Crippen LogP contribution in [0.1, 0.15) is 0 Å². The first-order valence-electron chi connectivity index (χ1n) is 2.19. The molecule has 1 heterocycles. The van der Waals surface area contributed by atoms with Gasteiger partial charge in [-0.05, 0) is 6.07 Å². The standard InChI is InChI=1S/C4H4N2.CH2OS/c1-2-5-4-6-3-1;2-1-3/h1-4H;1H,(H,2,3). The SMILES string of the molecule is O=CS.c1cncnc1. The first-order chi connectivity index (χ1) is 4.41. The summed E-state index contributed by atoms with van der Waals surface area (Å²) >= 11 is 3.11. The second kappa shape index (κ2) is 7.10. The summed E-state index contributed by atoms with van der Waals surface area (Å²) in [5, 5.41) is 0. The number of thiol groups is 1. The van der Waals surface area contributed by atoms with Crippen LogP contribution >= 0.6 is 12.6 Å². The van der Waals surface area contributed by atoms with Crippen molar-refractivity contribution in [1.82, 2.24) is 9.97 Å². The van der Waals surface area contributed by atoms with E-state index in [-0.39, 0.29) is 0 Å². The minimum absolute atomic E-state index is 0.444. The third kappa shape index (κ3) is 7.10. The number of carbonyl (C=O) groups is 1. The maximum absolute atomic E-state index is 8.67. The molecule has 4 heteroatoms. The normalized spacial score (nSPS) is 6.78. The molecule has 0 unspecified atom stereocenters. The second-order valence-corrected chi connectivity index (χ2v) is 1.22. The van der Waals surface area contributed by atoms with E-state index in [4.69, 9.17) is 4.79 Å². The van der Waals surface area contributed by atoms with E-state index in [2.05, 4.69) is 22.6 Å². The van der Waals surface area contributed by atoms with Gasteiger partial charge in [-0.2, -0.15) is 0 Å². The Bertz CT molecular complexity index is 118. The fraction of sp³-hybridized carbons (Fsp3) is 0. The van der Waals surface area contributed by atoms with E-state index in [0.29, 0.717) is 5.62 Å². The van der Waals surface area contributed by atoms with E-state index < -0.39 is 0 Å². The summed E-state index contributed by atoms with van der Waals surface area (Å²) in [6.07, 6.45) is 4.88. The van der Waals surface area contributed by atoms with Crippen molar-refractivity contribution in [2.75, 3.05) is 0 Å². The molecule has 0 aliphatic carbocycles. The van der Waals surface area contributed by atoms with Gasteiger partial charge >= 0.3 is 0 Å². The van der Waals surface area contributed by atoms with Gasteiger partial charge in [-0.25, -0.2) is 9.97 Å². The molecule has 0 aliphatic heterocycles. The highest BCUT2D eigenvalue weighted by Crippen LogP contribution is 1.66. The minimum atomic E-state index is 0.444. The number of hydrogen-bond donors (Lipinski definition) is 1. The zero-order valence-corrected chi connectivity index (χ0v) is 5.53. The molecule has 3 nitrogen and oxygen atoms in total. The average molecular weight is 142 g/mol. The van der Waals surface area contributed by atoms with Crippen molar-refractivity contribution in [3.05, 3.63) is 24.8 Å². The first kappa shape index (κ1) is 8.10. The van der Waals surface area contributed by atoms with Gasteiger partial charge in [-0.1, -0.05) is 0 Å². The number of carbonyl (C=O) groups excluding carboxylic acids is 1. The fourth-order valence-corrected chi connectivity index (χ4v) is 0.253. The molecular weight excluding hydrogens is 136 g/mol. The van der Waals surface area contributed by atoms with E-state index in [0.717, 1.165) is 0 Å². The van der Waals surface area contributed by atoms with Gasteiger partial charge in [0.2, 0.25) is 0 Å². The Morgan fingerprint density at radius 2 is 1.78 bits per heavy atom. The number of hydrogen-bond acceptors (Lipinski definition) is 3. The molecule has 0 aliphatic rings. The Labute approximate surface area is 58.6 Å². The van der Waals surface area contributed by atoms with Crippen LogP contribution < -0.4 is 0 Å². The largest absolute Gasteiger partial charge is 0.291 e. The Balaban J connectivity index is 0.000000187. The monoisotopic (exact) mass is 142 g/mol. The van der Waals surface area contributed by atoms with Crippen LogP contribution in [0.3, 0.4) is 0 Å². The second-order valence-electron chi connectivity index (χ2n) is 1.01. The predicted molar refractivity (Wildman–Crippen MR) is 37.8 cm³/mol. The van der Waals surface area contributed by atoms with Crippen LogP contribution in [0.15, 0.2) is 24.8 Å². The van der Waals surface area contributed by atoms with Crippen LogP contribution in [0.2, 0.25) is 0 Å². The molecule has 1 aromatic heterocycles. The van der Waals surface area contributed by atoms with E-state index in [1.54, 1.807) is 18.5 Å². The molecule has 0 spiro atoms. The maximum atomic E-state index is 8.67. The molecule has 0 saturated carbocycles. The molecule has 0 fully saturated rings. The lowest BCUT2D eigenvalue weighted by atomic mass is 10.7. The van der Waals surface area contributed by atoms with Crippen LogP contribution in [-0.2, 0) is 4.79 Å². The molecule has 1 rings (SSSR count). The van der Waals surface area contributed by atoms with Gasteiger partial charge in [0.1, 0.15) is 6.33 Å². The van der Waals surface area contributed by atoms with Crippen molar-refractivity contribution in [3.63, 3.8) is 0 Å². The first-order valence-corrected chi connectivity index (χ1v) is 2.71. The van der Waals surface area contributed by atoms with Gasteiger partial charge in [0.05, 0.1) is 0 Å². The Morgan fingerprint density at radius 3 is 1.89 bits per heavy atom. The summed E-state index contributed by atoms with van der Waals surface area (Å²) in [5.41, 5.74) is 0.444. The number of nitrogens with zero attached hydrogens (tertiary/aromatic N) is 2. The van der Waals surface area contributed by atoms with Gasteiger partial charge in [-0.15, -0.1) is 12.6 Å². The molecule has 48 valence electrons. The van der Waals surface area contributed by atoms with E-state index >= 15 is 0 Å². The Hall–Kier alpha value is -0.900. The van der Waals surface area contributed by atoms with Crippen molar-refractivity contribution in [1.29, 1.82) is 0 Å². The topological polar surface area (TPSA) is 42.9 Å². The highest BCUT2D eigenvalue weighted by atomic mass is 32.1. The van der Waals surface area contributed by atoms with Crippen LogP contribution in [0.4, 0.5) is 0 Å². The van der Waals surface area contributed by atoms with Gasteiger partial charge in [0.25, 0.3) is 0 Å². The van der Waals surface area contributed by atoms with Crippen molar-refractivity contribution >= 4 is 18.2 Å². The zero-order valence-electron chi connectivity index (χ0n) is 4.64. The molecule has 0 atom stereocenters. The average Bonchev–Trinajstić information content (AvgIpc) is 1.93. The van der Waals surface area contributed by atoms with E-state index in [9.17, 15) is 0 Å². The minimum Gasteiger partial charge on any atom is -0.291 e. The molecular formula is C5H6N2OS. The molecule has 1 aromatic rings. The van der Waals surface area contributed by atoms with Crippen LogP contribution in [0, 0.1) is 0 Å². The lowest BCUT2D eigenvalue weighted by molar-refractivity contribution is 0.570. The molecule has 0 bridgehead atoms. The summed E-state index contributed by atoms with van der Waals surface area (Å²) in [5.74, 6) is 0. The summed E-state index contributed by atoms with van der Waals surface area (Å²) in [7, 11) is 0. The molecule has 0 saturated heterocycles. The van der Waals surface area contributed by atoms with E-state index in [1.807, 2.05) is 0 Å². The van der Waals surface area contributed by atoms with Crippen molar-refractivity contribution in [3.8, 4) is 0 Å². The van der Waals surface area contributed by atoms with Crippen molar-refractivity contribution in [2.24, 2.45) is 0 Å². The van der Waals surface area contributed by atoms with Gasteiger partial charge in [0.15, 0.2) is 5.62 Å². The maximum Gasteiger partial charge on any atom is 0.173 e. The lowest BCUT2D eigenvalue weighted by Gasteiger charge is -1.70. The van der Waals surface area contributed by atoms with Gasteiger partial charge < -0.3 is 0 Å². The predicted octanol–water partition coefficient (Wildman–Crippen LogP) is 0.583. The molecule has 9 heavy (non-hydrogen) atoms. The van der Waals surface area contributed by atoms with Crippen molar-refractivity contribution in [2.45, 2.75) is 0 Å². The molecule has 0 aromatic carbocycles. The Kier molecular flexibility index (Phi) is 6.39. The third-order valence-electron chi connectivity index (χ3n) is 0.478. The van der Waals surface area contributed by atoms with Crippen molar-refractivity contribution < 1.29 is 4.79 Å². The van der Waals surface area contributed by atoms with Crippen LogP contribution in [0.5, 0.6) is 0 Å². The lowest BCUT2D eigenvalue weighted by Crippen LogP contribution is -1.66. The molecule has 0 radical (unpaired) electrons. The third-order valence-corrected chi connectivity index (χ3v) is 0.478. The highest BCUT2D eigenvalue weighted by Gasteiger charge is 1.59. The van der Waals surface area contributed by atoms with Crippen LogP contribution in [0.25, 0.3) is 0 Å². The fourth-order valence-electron chi connectivity index (χ4n) is 0.253. The quantitative estimate of drug-likeness (QED) is 0.425. The van der Waals surface area contributed by atoms with Gasteiger partial charge in [-0.3, -0.25) is 4.79 Å². The highest BCUT2D eigenvalue weighted by molar-refractivity contribution is 7.94. The summed E-state index contributed by atoms with van der Waals surface area (Å²) in [6, 6.07) is 1.78. The summed E-state index contributed by atoms with van der Waals surface area (Å²) < 4.78 is 0. The zero-order chi connectivity index (χ0) is 6.95. The Morgan fingerprint density at radius 1 is 1.33 bits per heavy atom. The van der Waals surface area contributed by atoms with Gasteiger partial charge in [0, 0.05) is 12.4 Å².